The van der Waals surface area contributed by atoms with Gasteiger partial charge < -0.3 is 9.84 Å². The van der Waals surface area contributed by atoms with E-state index in [-0.39, 0.29) is 11.9 Å². The summed E-state index contributed by atoms with van der Waals surface area (Å²) in [6.07, 6.45) is 6.59. The lowest BCUT2D eigenvalue weighted by Crippen LogP contribution is -2.17. The van der Waals surface area contributed by atoms with Crippen LogP contribution in [-0.2, 0) is 0 Å². The molecule has 0 saturated carbocycles. The van der Waals surface area contributed by atoms with Gasteiger partial charge in [-0.05, 0) is 50.5 Å². The lowest BCUT2D eigenvalue weighted by Gasteiger charge is -2.21. The minimum atomic E-state index is -0.728. The summed E-state index contributed by atoms with van der Waals surface area (Å²) >= 11 is 0. The molecule has 1 aromatic carbocycles. The molecule has 1 N–H and O–H groups in total. The topological polar surface area (TPSA) is 29.5 Å². The van der Waals surface area contributed by atoms with Gasteiger partial charge in [0, 0.05) is 5.56 Å². The van der Waals surface area contributed by atoms with Crippen molar-refractivity contribution in [3.63, 3.8) is 0 Å². The van der Waals surface area contributed by atoms with E-state index >= 15 is 0 Å². The number of ether oxygens (including phenoxy) is 1. The summed E-state index contributed by atoms with van der Waals surface area (Å²) in [5.74, 6) is 0.213. The first-order chi connectivity index (χ1) is 8.16. The van der Waals surface area contributed by atoms with Crippen LogP contribution in [0.25, 0.3) is 0 Å². The van der Waals surface area contributed by atoms with E-state index in [1.807, 2.05) is 6.08 Å². The van der Waals surface area contributed by atoms with Gasteiger partial charge in [-0.25, -0.2) is 4.39 Å². The van der Waals surface area contributed by atoms with E-state index in [4.69, 9.17) is 4.74 Å². The largest absolute Gasteiger partial charge is 0.486 e. The number of allylic oxidation sites excluding steroid dienone is 1. The minimum absolute atomic E-state index is 0.0340. The van der Waals surface area contributed by atoms with Crippen LogP contribution in [0.15, 0.2) is 30.4 Å². The lowest BCUT2D eigenvalue weighted by atomic mass is 10.0. The maximum Gasteiger partial charge on any atom is 0.126 e. The van der Waals surface area contributed by atoms with Gasteiger partial charge in [0.1, 0.15) is 17.7 Å². The van der Waals surface area contributed by atoms with Gasteiger partial charge in [-0.15, -0.1) is 0 Å². The summed E-state index contributed by atoms with van der Waals surface area (Å²) in [6, 6.07) is 4.26. The molecule has 3 heteroatoms. The molecule has 0 amide bonds. The Morgan fingerprint density at radius 1 is 1.47 bits per heavy atom. The van der Waals surface area contributed by atoms with Crippen LogP contribution in [0.1, 0.15) is 37.9 Å². The van der Waals surface area contributed by atoms with Gasteiger partial charge in [0.05, 0.1) is 6.10 Å². The highest BCUT2D eigenvalue weighted by Gasteiger charge is 2.15. The predicted molar refractivity (Wildman–Crippen MR) is 64.4 cm³/mol. The molecule has 1 aliphatic rings. The molecule has 0 fully saturated rings. The van der Waals surface area contributed by atoms with E-state index in [0.717, 1.165) is 19.3 Å². The van der Waals surface area contributed by atoms with Crippen LogP contribution < -0.4 is 4.74 Å². The van der Waals surface area contributed by atoms with E-state index in [9.17, 15) is 9.50 Å². The van der Waals surface area contributed by atoms with E-state index < -0.39 is 6.10 Å². The zero-order valence-corrected chi connectivity index (χ0v) is 9.90. The summed E-state index contributed by atoms with van der Waals surface area (Å²) in [6.45, 7) is 1.61. The molecule has 1 aliphatic carbocycles. The summed E-state index contributed by atoms with van der Waals surface area (Å²) in [4.78, 5) is 0. The fraction of sp³-hybridized carbons (Fsp3) is 0.429. The third kappa shape index (κ3) is 3.07. The van der Waals surface area contributed by atoms with Crippen molar-refractivity contribution in [2.75, 3.05) is 0 Å². The standard InChI is InChI=1S/C14H17FO2/c1-10(16)13-9-11(15)7-8-14(13)17-12-5-3-2-4-6-12/h3,5,7-10,12,16H,2,4,6H2,1H3. The molecule has 0 radical (unpaired) electrons. The average molecular weight is 236 g/mol. The Bertz CT molecular complexity index is 413. The number of aliphatic hydroxyl groups is 1. The molecule has 0 aliphatic heterocycles. The Balaban J connectivity index is 2.19. The van der Waals surface area contributed by atoms with Crippen molar-refractivity contribution in [1.82, 2.24) is 0 Å². The van der Waals surface area contributed by atoms with E-state index in [0.29, 0.717) is 11.3 Å². The minimum Gasteiger partial charge on any atom is -0.486 e. The average Bonchev–Trinajstić information content (AvgIpc) is 2.32. The predicted octanol–water partition coefficient (Wildman–Crippen LogP) is 3.37. The van der Waals surface area contributed by atoms with Crippen molar-refractivity contribution in [2.24, 2.45) is 0 Å². The molecule has 2 atom stereocenters. The van der Waals surface area contributed by atoms with Crippen LogP contribution in [0.2, 0.25) is 0 Å². The Labute approximate surface area is 101 Å². The molecule has 0 aromatic heterocycles. The van der Waals surface area contributed by atoms with Crippen LogP contribution in [0.5, 0.6) is 5.75 Å². The van der Waals surface area contributed by atoms with Crippen LogP contribution in [0, 0.1) is 5.82 Å². The van der Waals surface area contributed by atoms with Crippen molar-refractivity contribution < 1.29 is 14.2 Å². The summed E-state index contributed by atoms with van der Waals surface area (Å²) < 4.78 is 18.9. The third-order valence-corrected chi connectivity index (χ3v) is 2.91. The maximum absolute atomic E-state index is 13.1. The first-order valence-electron chi connectivity index (χ1n) is 5.97. The molecule has 92 valence electrons. The molecule has 0 heterocycles. The number of rotatable bonds is 3. The van der Waals surface area contributed by atoms with Crippen molar-refractivity contribution in [3.8, 4) is 5.75 Å². The summed E-state index contributed by atoms with van der Waals surface area (Å²) in [5, 5.41) is 9.59. The second-order valence-electron chi connectivity index (χ2n) is 4.37. The fourth-order valence-corrected chi connectivity index (χ4v) is 2.00. The second-order valence-corrected chi connectivity index (χ2v) is 4.37. The van der Waals surface area contributed by atoms with Gasteiger partial charge in [0.2, 0.25) is 0 Å². The van der Waals surface area contributed by atoms with Crippen molar-refractivity contribution in [1.29, 1.82) is 0 Å². The van der Waals surface area contributed by atoms with Crippen LogP contribution in [0.3, 0.4) is 0 Å². The Kier molecular flexibility index (Phi) is 3.79. The molecule has 17 heavy (non-hydrogen) atoms. The molecule has 1 aromatic rings. The Hall–Kier alpha value is -1.35. The van der Waals surface area contributed by atoms with Gasteiger partial charge in [-0.1, -0.05) is 6.08 Å². The normalized spacial score (nSPS) is 21.2. The van der Waals surface area contributed by atoms with Gasteiger partial charge in [-0.2, -0.15) is 0 Å². The Morgan fingerprint density at radius 3 is 2.94 bits per heavy atom. The molecule has 0 bridgehead atoms. The monoisotopic (exact) mass is 236 g/mol. The highest BCUT2D eigenvalue weighted by molar-refractivity contribution is 5.36. The first kappa shape index (κ1) is 12.1. The number of halogens is 1. The second kappa shape index (κ2) is 5.32. The van der Waals surface area contributed by atoms with Crippen molar-refractivity contribution in [2.45, 2.75) is 38.4 Å². The Morgan fingerprint density at radius 2 is 2.29 bits per heavy atom. The van der Waals surface area contributed by atoms with E-state index in [1.165, 1.54) is 12.1 Å². The molecular weight excluding hydrogens is 219 g/mol. The van der Waals surface area contributed by atoms with Crippen LogP contribution in [-0.4, -0.2) is 11.2 Å². The molecule has 2 unspecified atom stereocenters. The third-order valence-electron chi connectivity index (χ3n) is 2.91. The number of aliphatic hydroxyl groups excluding tert-OH is 1. The highest BCUT2D eigenvalue weighted by Crippen LogP contribution is 2.28. The molecule has 0 spiro atoms. The van der Waals surface area contributed by atoms with Crippen LogP contribution >= 0.6 is 0 Å². The zero-order chi connectivity index (χ0) is 12.3. The molecule has 2 nitrogen and oxygen atoms in total. The quantitative estimate of drug-likeness (QED) is 0.815. The number of hydrogen-bond acceptors (Lipinski definition) is 2. The zero-order valence-electron chi connectivity index (χ0n) is 9.90. The summed E-state index contributed by atoms with van der Waals surface area (Å²) in [5.41, 5.74) is 0.504. The summed E-state index contributed by atoms with van der Waals surface area (Å²) in [7, 11) is 0. The number of hydrogen-bond donors (Lipinski definition) is 1. The van der Waals surface area contributed by atoms with E-state index in [2.05, 4.69) is 6.08 Å². The molecule has 0 saturated heterocycles. The maximum atomic E-state index is 13.1. The van der Waals surface area contributed by atoms with Crippen molar-refractivity contribution >= 4 is 0 Å². The van der Waals surface area contributed by atoms with E-state index in [1.54, 1.807) is 13.0 Å². The smallest absolute Gasteiger partial charge is 0.126 e. The van der Waals surface area contributed by atoms with Crippen LogP contribution in [0.4, 0.5) is 4.39 Å². The van der Waals surface area contributed by atoms with Gasteiger partial charge in [0.15, 0.2) is 0 Å². The van der Waals surface area contributed by atoms with Crippen molar-refractivity contribution in [3.05, 3.63) is 41.7 Å². The van der Waals surface area contributed by atoms with Gasteiger partial charge in [0.25, 0.3) is 0 Å². The van der Waals surface area contributed by atoms with Gasteiger partial charge >= 0.3 is 0 Å². The van der Waals surface area contributed by atoms with Gasteiger partial charge in [-0.3, -0.25) is 0 Å². The lowest BCUT2D eigenvalue weighted by molar-refractivity contribution is 0.180. The molecule has 2 rings (SSSR count). The fourth-order valence-electron chi connectivity index (χ4n) is 2.00. The number of benzene rings is 1. The SMILES string of the molecule is CC(O)c1cc(F)ccc1OC1C=CCCC1. The highest BCUT2D eigenvalue weighted by atomic mass is 19.1. The first-order valence-corrected chi connectivity index (χ1v) is 5.97. The molecular formula is C14H17FO2.